The summed E-state index contributed by atoms with van der Waals surface area (Å²) in [5.74, 6) is 5.48. The van der Waals surface area contributed by atoms with E-state index in [0.717, 1.165) is 29.6 Å². The Labute approximate surface area is 83.1 Å². The van der Waals surface area contributed by atoms with Crippen molar-refractivity contribution < 1.29 is 0 Å². The van der Waals surface area contributed by atoms with Gasteiger partial charge in [0.25, 0.3) is 0 Å². The smallest absolute Gasteiger partial charge is 0.0320 e. The Hall–Kier alpha value is 0. The van der Waals surface area contributed by atoms with E-state index in [-0.39, 0.29) is 0 Å². The quantitative estimate of drug-likeness (QED) is 0.614. The molecular weight excluding hydrogens is 156 g/mol. The first-order valence-corrected chi connectivity index (χ1v) is 5.99. The monoisotopic (exact) mass is 180 g/mol. The largest absolute Gasteiger partial charge is 0.0649 e. The average molecular weight is 180 g/mol. The Bertz CT molecular complexity index is 194. The summed E-state index contributed by atoms with van der Waals surface area (Å²) in [6.07, 6.45) is 2.83. The highest BCUT2D eigenvalue weighted by molar-refractivity contribution is 5.17. The molecule has 2 aliphatic carbocycles. The van der Waals surface area contributed by atoms with Gasteiger partial charge in [-0.15, -0.1) is 0 Å². The second kappa shape index (κ2) is 2.74. The van der Waals surface area contributed by atoms with Crippen molar-refractivity contribution in [2.45, 2.75) is 47.5 Å². The van der Waals surface area contributed by atoms with Crippen molar-refractivity contribution in [3.8, 4) is 0 Å². The van der Waals surface area contributed by atoms with Gasteiger partial charge in [0, 0.05) is 0 Å². The first-order valence-electron chi connectivity index (χ1n) is 5.99. The molecule has 2 fully saturated rings. The fraction of sp³-hybridized carbons (Fsp3) is 1.00. The van der Waals surface area contributed by atoms with Crippen molar-refractivity contribution in [1.29, 1.82) is 0 Å². The van der Waals surface area contributed by atoms with E-state index in [9.17, 15) is 0 Å². The molecule has 0 radical (unpaired) electrons. The molecule has 0 aliphatic heterocycles. The van der Waals surface area contributed by atoms with E-state index >= 15 is 0 Å². The van der Waals surface area contributed by atoms with Gasteiger partial charge in [-0.2, -0.15) is 0 Å². The molecule has 0 aromatic rings. The summed E-state index contributed by atoms with van der Waals surface area (Å²) in [5.41, 5.74) is 0.568. The molecule has 0 N–H and O–H groups in total. The average Bonchev–Trinajstić information content (AvgIpc) is 2.94. The summed E-state index contributed by atoms with van der Waals surface area (Å²) >= 11 is 0. The summed E-state index contributed by atoms with van der Waals surface area (Å²) in [4.78, 5) is 0. The van der Waals surface area contributed by atoms with Crippen molar-refractivity contribution in [3.05, 3.63) is 0 Å². The van der Waals surface area contributed by atoms with Crippen LogP contribution in [-0.2, 0) is 0 Å². The molecule has 0 heterocycles. The third kappa shape index (κ3) is 1.43. The Morgan fingerprint density at radius 3 is 2.15 bits per heavy atom. The predicted octanol–water partition coefficient (Wildman–Crippen LogP) is 3.96. The van der Waals surface area contributed by atoms with Crippen molar-refractivity contribution in [2.75, 3.05) is 0 Å². The van der Waals surface area contributed by atoms with Gasteiger partial charge in [-0.25, -0.2) is 0 Å². The van der Waals surface area contributed by atoms with Crippen LogP contribution >= 0.6 is 0 Å². The molecule has 0 aromatic heterocycles. The summed E-state index contributed by atoms with van der Waals surface area (Å²) < 4.78 is 0. The second-order valence-corrected chi connectivity index (χ2v) is 6.16. The van der Waals surface area contributed by atoms with Crippen LogP contribution in [-0.4, -0.2) is 0 Å². The standard InChI is InChI=1S/C13H24/c1-6-13(4,5)8(2)7-10-11-9(3)12(10)11/h8-12H,6-7H2,1-5H3. The zero-order chi connectivity index (χ0) is 9.80. The first kappa shape index (κ1) is 9.55. The lowest BCUT2D eigenvalue weighted by Crippen LogP contribution is -2.22. The molecule has 13 heavy (non-hydrogen) atoms. The minimum absolute atomic E-state index is 0.568. The van der Waals surface area contributed by atoms with Crippen LogP contribution in [0.2, 0.25) is 0 Å². The summed E-state index contributed by atoms with van der Waals surface area (Å²) in [6, 6.07) is 0. The van der Waals surface area contributed by atoms with E-state index in [1.54, 1.807) is 0 Å². The van der Waals surface area contributed by atoms with E-state index in [4.69, 9.17) is 0 Å². The van der Waals surface area contributed by atoms with Gasteiger partial charge < -0.3 is 0 Å². The molecule has 0 heteroatoms. The van der Waals surface area contributed by atoms with Crippen molar-refractivity contribution in [3.63, 3.8) is 0 Å². The van der Waals surface area contributed by atoms with Crippen molar-refractivity contribution in [2.24, 2.45) is 35.0 Å². The molecule has 0 spiro atoms. The van der Waals surface area contributed by atoms with Gasteiger partial charge in [-0.05, 0) is 41.4 Å². The predicted molar refractivity (Wildman–Crippen MR) is 57.5 cm³/mol. The summed E-state index contributed by atoms with van der Waals surface area (Å²) in [7, 11) is 0. The van der Waals surface area contributed by atoms with Crippen molar-refractivity contribution >= 4 is 0 Å². The SMILES string of the molecule is CCC(C)(C)C(C)CC1C2C(C)C12. The third-order valence-electron chi connectivity index (χ3n) is 5.24. The van der Waals surface area contributed by atoms with Crippen LogP contribution in [0.4, 0.5) is 0 Å². The Kier molecular flexibility index (Phi) is 2.02. The fourth-order valence-corrected chi connectivity index (χ4v) is 2.98. The van der Waals surface area contributed by atoms with Crippen molar-refractivity contribution in [1.82, 2.24) is 0 Å². The van der Waals surface area contributed by atoms with Crippen LogP contribution in [0.5, 0.6) is 0 Å². The van der Waals surface area contributed by atoms with Gasteiger partial charge in [-0.3, -0.25) is 0 Å². The molecule has 76 valence electrons. The number of fused-ring (bicyclic) bond motifs is 1. The zero-order valence-electron chi connectivity index (χ0n) is 9.80. The third-order valence-corrected chi connectivity index (χ3v) is 5.24. The van der Waals surface area contributed by atoms with Crippen LogP contribution in [0.15, 0.2) is 0 Å². The molecule has 2 aliphatic rings. The highest BCUT2D eigenvalue weighted by Gasteiger charge is 2.70. The van der Waals surface area contributed by atoms with E-state index in [2.05, 4.69) is 34.6 Å². The second-order valence-electron chi connectivity index (χ2n) is 6.16. The lowest BCUT2D eigenvalue weighted by molar-refractivity contribution is 0.188. The molecule has 0 aromatic carbocycles. The van der Waals surface area contributed by atoms with Gasteiger partial charge >= 0.3 is 0 Å². The van der Waals surface area contributed by atoms with Crippen LogP contribution in [0.25, 0.3) is 0 Å². The van der Waals surface area contributed by atoms with E-state index in [1.165, 1.54) is 12.8 Å². The topological polar surface area (TPSA) is 0 Å². The lowest BCUT2D eigenvalue weighted by Gasteiger charge is -2.31. The Morgan fingerprint density at radius 2 is 1.77 bits per heavy atom. The molecule has 2 rings (SSSR count). The summed E-state index contributed by atoms with van der Waals surface area (Å²) in [5, 5.41) is 0. The first-order chi connectivity index (χ1) is 5.99. The molecule has 0 amide bonds. The minimum Gasteiger partial charge on any atom is -0.0649 e. The van der Waals surface area contributed by atoms with Gasteiger partial charge in [0.05, 0.1) is 0 Å². The molecule has 2 saturated carbocycles. The molecule has 0 nitrogen and oxygen atoms in total. The molecule has 3 unspecified atom stereocenters. The number of hydrogen-bond donors (Lipinski definition) is 0. The van der Waals surface area contributed by atoms with Gasteiger partial charge in [0.15, 0.2) is 0 Å². The maximum absolute atomic E-state index is 2.45. The maximum Gasteiger partial charge on any atom is -0.0320 e. The van der Waals surface area contributed by atoms with Gasteiger partial charge in [0.2, 0.25) is 0 Å². The molecule has 0 bridgehead atoms. The Balaban J connectivity index is 1.77. The maximum atomic E-state index is 2.45. The minimum atomic E-state index is 0.568. The Morgan fingerprint density at radius 1 is 1.23 bits per heavy atom. The summed E-state index contributed by atoms with van der Waals surface area (Å²) in [6.45, 7) is 12.0. The zero-order valence-corrected chi connectivity index (χ0v) is 9.80. The molecule has 0 saturated heterocycles. The van der Waals surface area contributed by atoms with Crippen LogP contribution in [0.1, 0.15) is 47.5 Å². The lowest BCUT2D eigenvalue weighted by atomic mass is 9.74. The normalized spacial score (nSPS) is 44.1. The number of hydrogen-bond acceptors (Lipinski definition) is 0. The van der Waals surface area contributed by atoms with E-state index < -0.39 is 0 Å². The highest BCUT2D eigenvalue weighted by atomic mass is 14.7. The highest BCUT2D eigenvalue weighted by Crippen LogP contribution is 2.74. The fourth-order valence-electron chi connectivity index (χ4n) is 2.98. The van der Waals surface area contributed by atoms with E-state index in [1.807, 2.05) is 0 Å². The van der Waals surface area contributed by atoms with Gasteiger partial charge in [0.1, 0.15) is 0 Å². The van der Waals surface area contributed by atoms with Crippen LogP contribution in [0, 0.1) is 35.0 Å². The van der Waals surface area contributed by atoms with E-state index in [0.29, 0.717) is 5.41 Å². The molecule has 3 atom stereocenters. The van der Waals surface area contributed by atoms with Gasteiger partial charge in [-0.1, -0.05) is 41.0 Å². The number of rotatable bonds is 4. The van der Waals surface area contributed by atoms with Crippen LogP contribution in [0.3, 0.4) is 0 Å². The van der Waals surface area contributed by atoms with Crippen LogP contribution < -0.4 is 0 Å². The molecular formula is C13H24.